The third-order valence-electron chi connectivity index (χ3n) is 0. The number of hydrogen-bond acceptors (Lipinski definition) is 6. The fourth-order valence-corrected chi connectivity index (χ4v) is 0. The molecule has 0 aromatic carbocycles. The molecule has 0 rings (SSSR count). The van der Waals surface area contributed by atoms with Crippen molar-refractivity contribution in [2.45, 2.75) is 0 Å². The number of rotatable bonds is 0. The third kappa shape index (κ3) is 9820. The first-order valence-corrected chi connectivity index (χ1v) is 6.03. The summed E-state index contributed by atoms with van der Waals surface area (Å²) in [5, 5.41) is 0. The molecule has 0 atom stereocenters. The monoisotopic (exact) mass is 323 g/mol. The summed E-state index contributed by atoms with van der Waals surface area (Å²) in [5.74, 6) is 0. The Morgan fingerprint density at radius 3 is 0.562 bits per heavy atom. The standard InChI is InChI=1S/3FHO3S.Na/c3*1-5(2,3)4;/h3*(H,2,3,4);. The predicted molar refractivity (Wildman–Crippen MR) is 43.7 cm³/mol. The van der Waals surface area contributed by atoms with Crippen molar-refractivity contribution in [3.8, 4) is 0 Å². The zero-order chi connectivity index (χ0) is 13.5. The molecule has 0 heterocycles. The van der Waals surface area contributed by atoms with E-state index >= 15 is 0 Å². The van der Waals surface area contributed by atoms with Gasteiger partial charge in [-0.05, 0) is 0 Å². The molecule has 0 saturated carbocycles. The fourth-order valence-electron chi connectivity index (χ4n) is 0. The molecule has 0 aliphatic carbocycles. The summed E-state index contributed by atoms with van der Waals surface area (Å²) in [6.07, 6.45) is 0. The topological polar surface area (TPSA) is 163 Å². The molecule has 16 heteroatoms. The van der Waals surface area contributed by atoms with Gasteiger partial charge >= 0.3 is 31.5 Å². The molecule has 0 aromatic heterocycles. The summed E-state index contributed by atoms with van der Waals surface area (Å²) in [6.45, 7) is 0. The molecule has 0 aromatic rings. The molecule has 9 nitrogen and oxygen atoms in total. The molecular formula is H3F3NaO9S3. The van der Waals surface area contributed by atoms with Gasteiger partial charge in [-0.25, -0.2) is 0 Å². The largest absolute Gasteiger partial charge is 0.435 e. The van der Waals surface area contributed by atoms with Crippen LogP contribution in [-0.4, -0.2) is 68.5 Å². The molecule has 0 spiro atoms. The molecule has 16 heavy (non-hydrogen) atoms. The van der Waals surface area contributed by atoms with Gasteiger partial charge in [0.05, 0.1) is 0 Å². The summed E-state index contributed by atoms with van der Waals surface area (Å²) in [6, 6.07) is 0. The van der Waals surface area contributed by atoms with E-state index in [1.165, 1.54) is 0 Å². The van der Waals surface area contributed by atoms with Gasteiger partial charge in [0.15, 0.2) is 0 Å². The molecule has 0 bridgehead atoms. The average molecular weight is 323 g/mol. The Kier molecular flexibility index (Phi) is 15.1. The maximum atomic E-state index is 10.2. The summed E-state index contributed by atoms with van der Waals surface area (Å²) in [4.78, 5) is 0. The normalized spacial score (nSPS) is 10.9. The van der Waals surface area contributed by atoms with Crippen LogP contribution in [0.25, 0.3) is 0 Å². The van der Waals surface area contributed by atoms with Crippen molar-refractivity contribution < 1.29 is 50.6 Å². The van der Waals surface area contributed by atoms with Gasteiger partial charge in [-0.1, -0.05) is 11.7 Å². The fraction of sp³-hybridized carbons (Fsp3) is 0. The quantitative estimate of drug-likeness (QED) is 0.285. The van der Waals surface area contributed by atoms with Crippen molar-refractivity contribution >= 4 is 61.1 Å². The van der Waals surface area contributed by atoms with E-state index in [1.807, 2.05) is 0 Å². The molecule has 0 aliphatic heterocycles. The Bertz CT molecular complexity index is 347. The zero-order valence-electron chi connectivity index (χ0n) is 7.15. The molecular weight excluding hydrogens is 320 g/mol. The predicted octanol–water partition coefficient (Wildman–Crippen LogP) is -1.10. The van der Waals surface area contributed by atoms with Crippen LogP contribution in [0.5, 0.6) is 0 Å². The van der Waals surface area contributed by atoms with Crippen LogP contribution in [-0.2, 0) is 31.5 Å². The van der Waals surface area contributed by atoms with E-state index in [1.54, 1.807) is 0 Å². The molecule has 0 aliphatic rings. The van der Waals surface area contributed by atoms with E-state index in [9.17, 15) is 11.7 Å². The molecule has 0 saturated heterocycles. The molecule has 97 valence electrons. The van der Waals surface area contributed by atoms with Crippen molar-refractivity contribution in [2.24, 2.45) is 0 Å². The van der Waals surface area contributed by atoms with Crippen LogP contribution in [0.3, 0.4) is 0 Å². The van der Waals surface area contributed by atoms with Crippen LogP contribution in [0.1, 0.15) is 0 Å². The zero-order valence-corrected chi connectivity index (χ0v) is 11.6. The molecule has 1 radical (unpaired) electrons. The Morgan fingerprint density at radius 1 is 0.562 bits per heavy atom. The van der Waals surface area contributed by atoms with Crippen LogP contribution < -0.4 is 0 Å². The smallest absolute Gasteiger partial charge is 0.260 e. The second-order valence-corrected chi connectivity index (χ2v) is 3.71. The van der Waals surface area contributed by atoms with Crippen LogP contribution in [0.15, 0.2) is 0 Å². The summed E-state index contributed by atoms with van der Waals surface area (Å²) in [7, 11) is -15.5. The first-order valence-electron chi connectivity index (χ1n) is 2.01. The van der Waals surface area contributed by atoms with Gasteiger partial charge in [0.2, 0.25) is 0 Å². The second-order valence-electron chi connectivity index (χ2n) is 1.24. The van der Waals surface area contributed by atoms with Crippen molar-refractivity contribution in [3.63, 3.8) is 0 Å². The van der Waals surface area contributed by atoms with Crippen LogP contribution in [0.2, 0.25) is 0 Å². The van der Waals surface area contributed by atoms with E-state index in [4.69, 9.17) is 38.9 Å². The van der Waals surface area contributed by atoms with Crippen LogP contribution >= 0.6 is 0 Å². The van der Waals surface area contributed by atoms with Gasteiger partial charge in [-0.15, -0.1) is 0 Å². The van der Waals surface area contributed by atoms with E-state index in [-0.39, 0.29) is 29.6 Å². The van der Waals surface area contributed by atoms with Gasteiger partial charge < -0.3 is 0 Å². The van der Waals surface area contributed by atoms with Crippen molar-refractivity contribution in [3.05, 3.63) is 0 Å². The minimum absolute atomic E-state index is 0. The number of halogens is 3. The van der Waals surface area contributed by atoms with Gasteiger partial charge in [-0.2, -0.15) is 25.3 Å². The van der Waals surface area contributed by atoms with Gasteiger partial charge in [-0.3, -0.25) is 13.7 Å². The van der Waals surface area contributed by atoms with Gasteiger partial charge in [0, 0.05) is 29.6 Å². The number of hydrogen-bond donors (Lipinski definition) is 3. The van der Waals surface area contributed by atoms with Crippen molar-refractivity contribution in [1.82, 2.24) is 0 Å². The molecule has 3 N–H and O–H groups in total. The third-order valence-corrected chi connectivity index (χ3v) is 0. The minimum atomic E-state index is -5.17. The Balaban J connectivity index is -0.0000000655. The van der Waals surface area contributed by atoms with E-state index < -0.39 is 31.5 Å². The van der Waals surface area contributed by atoms with E-state index in [0.717, 1.165) is 0 Å². The van der Waals surface area contributed by atoms with Gasteiger partial charge in [0.1, 0.15) is 0 Å². The molecule has 0 fully saturated rings. The summed E-state index contributed by atoms with van der Waals surface area (Å²) < 4.78 is 102. The minimum Gasteiger partial charge on any atom is -0.260 e. The first-order chi connectivity index (χ1) is 6.00. The van der Waals surface area contributed by atoms with Crippen molar-refractivity contribution in [1.29, 1.82) is 0 Å². The summed E-state index contributed by atoms with van der Waals surface area (Å²) >= 11 is 0. The first kappa shape index (κ1) is 25.4. The Morgan fingerprint density at radius 2 is 0.562 bits per heavy atom. The average Bonchev–Trinajstić information content (AvgIpc) is 1.41. The van der Waals surface area contributed by atoms with Crippen LogP contribution in [0.4, 0.5) is 11.7 Å². The van der Waals surface area contributed by atoms with E-state index in [0.29, 0.717) is 0 Å². The summed E-state index contributed by atoms with van der Waals surface area (Å²) in [5.41, 5.74) is 0. The van der Waals surface area contributed by atoms with Gasteiger partial charge in [0.25, 0.3) is 0 Å². The van der Waals surface area contributed by atoms with E-state index in [2.05, 4.69) is 0 Å². The molecule has 0 unspecified atom stereocenters. The maximum absolute atomic E-state index is 10.2. The van der Waals surface area contributed by atoms with Crippen LogP contribution in [0, 0.1) is 0 Å². The van der Waals surface area contributed by atoms with Crippen molar-refractivity contribution in [2.75, 3.05) is 0 Å². The Labute approximate surface area is 111 Å². The molecule has 0 amide bonds. The second kappa shape index (κ2) is 9.54. The maximum Gasteiger partial charge on any atom is 0.435 e. The SMILES string of the molecule is O=S(=O)(O)F.O=S(=O)(O)F.O=S(=O)(O)F.[Na]. The Hall–Kier alpha value is 0.520.